The second-order valence-corrected chi connectivity index (χ2v) is 2.35. The van der Waals surface area contributed by atoms with Gasteiger partial charge in [-0.15, -0.1) is 0 Å². The van der Waals surface area contributed by atoms with E-state index in [0.29, 0.717) is 6.42 Å². The molecule has 1 aliphatic heterocycles. The lowest BCUT2D eigenvalue weighted by atomic mass is 10.3. The van der Waals surface area contributed by atoms with Crippen molar-refractivity contribution in [1.29, 1.82) is 0 Å². The molecule has 0 aliphatic carbocycles. The van der Waals surface area contributed by atoms with Crippen LogP contribution in [0.3, 0.4) is 0 Å². The molecule has 1 unspecified atom stereocenters. The number of hydrogen-bond acceptors (Lipinski definition) is 2. The minimum Gasteiger partial charge on any atom is -0.391 e. The van der Waals surface area contributed by atoms with E-state index in [4.69, 9.17) is 5.11 Å². The van der Waals surface area contributed by atoms with Gasteiger partial charge >= 0.3 is 0 Å². The van der Waals surface area contributed by atoms with Crippen LogP contribution in [-0.2, 0) is 13.0 Å². The fourth-order valence-corrected chi connectivity index (χ4v) is 1.20. The number of hydrogen-bond donors (Lipinski definition) is 1. The Bertz CT molecular complexity index is 198. The maximum Gasteiger partial charge on any atom is 0.111 e. The summed E-state index contributed by atoms with van der Waals surface area (Å²) in [6.07, 6.45) is 4.17. The summed E-state index contributed by atoms with van der Waals surface area (Å²) < 4.78 is 1.98. The van der Waals surface area contributed by atoms with Crippen molar-refractivity contribution in [2.45, 2.75) is 19.1 Å². The van der Waals surface area contributed by atoms with Gasteiger partial charge in [-0.2, -0.15) is 0 Å². The van der Waals surface area contributed by atoms with Crippen molar-refractivity contribution in [2.24, 2.45) is 0 Å². The first-order chi connectivity index (χ1) is 4.36. The Kier molecular flexibility index (Phi) is 0.873. The lowest BCUT2D eigenvalue weighted by Crippen LogP contribution is -2.06. The quantitative estimate of drug-likeness (QED) is 0.520. The second kappa shape index (κ2) is 1.57. The van der Waals surface area contributed by atoms with Gasteiger partial charge in [0.25, 0.3) is 0 Å². The zero-order chi connectivity index (χ0) is 6.27. The van der Waals surface area contributed by atoms with Gasteiger partial charge in [0, 0.05) is 18.8 Å². The maximum absolute atomic E-state index is 9.08. The van der Waals surface area contributed by atoms with Gasteiger partial charge in [0.1, 0.15) is 5.82 Å². The molecule has 2 rings (SSSR count). The summed E-state index contributed by atoms with van der Waals surface area (Å²) in [5.41, 5.74) is 0. The number of aromatic nitrogens is 2. The zero-order valence-corrected chi connectivity index (χ0v) is 4.99. The molecule has 0 spiro atoms. The minimum atomic E-state index is -0.200. The van der Waals surface area contributed by atoms with Crippen LogP contribution in [-0.4, -0.2) is 20.8 Å². The van der Waals surface area contributed by atoms with Crippen LogP contribution < -0.4 is 0 Å². The summed E-state index contributed by atoms with van der Waals surface area (Å²) >= 11 is 0. The number of aliphatic hydroxyl groups excluding tert-OH is 1. The van der Waals surface area contributed by atoms with Crippen molar-refractivity contribution in [3.05, 3.63) is 18.2 Å². The van der Waals surface area contributed by atoms with E-state index in [1.165, 1.54) is 0 Å². The molecule has 1 aromatic heterocycles. The van der Waals surface area contributed by atoms with Crippen molar-refractivity contribution >= 4 is 0 Å². The molecule has 0 fully saturated rings. The molecule has 1 atom stereocenters. The molecule has 1 aromatic rings. The number of imidazole rings is 1. The highest BCUT2D eigenvalue weighted by molar-refractivity contribution is 4.99. The van der Waals surface area contributed by atoms with Crippen LogP contribution in [0.4, 0.5) is 0 Å². The molecule has 0 saturated heterocycles. The van der Waals surface area contributed by atoms with Crippen LogP contribution in [0.1, 0.15) is 5.82 Å². The largest absolute Gasteiger partial charge is 0.391 e. The molecule has 2 heterocycles. The molecule has 48 valence electrons. The summed E-state index contributed by atoms with van der Waals surface area (Å²) in [7, 11) is 0. The van der Waals surface area contributed by atoms with Gasteiger partial charge in [0.2, 0.25) is 0 Å². The maximum atomic E-state index is 9.08. The molecule has 0 aromatic carbocycles. The third-order valence-corrected chi connectivity index (χ3v) is 1.63. The van der Waals surface area contributed by atoms with Gasteiger partial charge in [0.05, 0.1) is 12.6 Å². The normalized spacial score (nSPS) is 24.3. The van der Waals surface area contributed by atoms with Crippen molar-refractivity contribution in [2.75, 3.05) is 0 Å². The van der Waals surface area contributed by atoms with Crippen LogP contribution >= 0.6 is 0 Å². The van der Waals surface area contributed by atoms with Crippen LogP contribution in [0.25, 0.3) is 0 Å². The number of fused-ring (bicyclic) bond motifs is 1. The Hall–Kier alpha value is -0.830. The summed E-state index contributed by atoms with van der Waals surface area (Å²) in [6.45, 7) is 0.718. The molecule has 1 aliphatic rings. The number of aliphatic hydroxyl groups is 1. The van der Waals surface area contributed by atoms with Gasteiger partial charge < -0.3 is 9.67 Å². The van der Waals surface area contributed by atoms with E-state index >= 15 is 0 Å². The van der Waals surface area contributed by atoms with Gasteiger partial charge in [-0.05, 0) is 0 Å². The minimum absolute atomic E-state index is 0.200. The van der Waals surface area contributed by atoms with E-state index in [0.717, 1.165) is 12.4 Å². The summed E-state index contributed by atoms with van der Waals surface area (Å²) in [5, 5.41) is 9.08. The van der Waals surface area contributed by atoms with Crippen LogP contribution in [0.15, 0.2) is 12.4 Å². The first-order valence-electron chi connectivity index (χ1n) is 3.04. The Morgan fingerprint density at radius 1 is 1.78 bits per heavy atom. The Labute approximate surface area is 53.0 Å². The predicted molar refractivity (Wildman–Crippen MR) is 31.9 cm³/mol. The van der Waals surface area contributed by atoms with E-state index in [-0.39, 0.29) is 6.10 Å². The monoisotopic (exact) mass is 124 g/mol. The highest BCUT2D eigenvalue weighted by Gasteiger charge is 2.18. The molecule has 9 heavy (non-hydrogen) atoms. The number of rotatable bonds is 0. The summed E-state index contributed by atoms with van der Waals surface area (Å²) in [6, 6.07) is 0. The fourth-order valence-electron chi connectivity index (χ4n) is 1.20. The topological polar surface area (TPSA) is 38.1 Å². The highest BCUT2D eigenvalue weighted by atomic mass is 16.3. The van der Waals surface area contributed by atoms with E-state index in [1.54, 1.807) is 6.20 Å². The van der Waals surface area contributed by atoms with E-state index < -0.39 is 0 Å². The fraction of sp³-hybridized carbons (Fsp3) is 0.500. The first-order valence-corrected chi connectivity index (χ1v) is 3.04. The van der Waals surface area contributed by atoms with Crippen molar-refractivity contribution in [3.63, 3.8) is 0 Å². The summed E-state index contributed by atoms with van der Waals surface area (Å²) in [5.74, 6) is 1.00. The lowest BCUT2D eigenvalue weighted by Gasteiger charge is -1.94. The Morgan fingerprint density at radius 2 is 2.67 bits per heavy atom. The van der Waals surface area contributed by atoms with Crippen molar-refractivity contribution in [1.82, 2.24) is 9.55 Å². The molecule has 0 amide bonds. The molecular weight excluding hydrogens is 116 g/mol. The van der Waals surface area contributed by atoms with Gasteiger partial charge in [-0.1, -0.05) is 0 Å². The molecular formula is C6H8N2O. The van der Waals surface area contributed by atoms with E-state index in [1.807, 2.05) is 10.8 Å². The predicted octanol–water partition coefficient (Wildman–Crippen LogP) is -0.200. The standard InChI is InChI=1S/C6H8N2O/c9-5-3-6-7-1-2-8(6)4-5/h1-2,5,9H,3-4H2. The van der Waals surface area contributed by atoms with Gasteiger partial charge in [-0.3, -0.25) is 0 Å². The molecule has 3 nitrogen and oxygen atoms in total. The SMILES string of the molecule is OC1Cc2nccn2C1. The van der Waals surface area contributed by atoms with Gasteiger partial charge in [-0.25, -0.2) is 4.98 Å². The van der Waals surface area contributed by atoms with Crippen molar-refractivity contribution < 1.29 is 5.11 Å². The van der Waals surface area contributed by atoms with Crippen LogP contribution in [0, 0.1) is 0 Å². The molecule has 0 bridgehead atoms. The molecule has 0 saturated carbocycles. The molecule has 0 radical (unpaired) electrons. The van der Waals surface area contributed by atoms with Crippen molar-refractivity contribution in [3.8, 4) is 0 Å². The molecule has 1 N–H and O–H groups in total. The highest BCUT2D eigenvalue weighted by Crippen LogP contribution is 2.11. The smallest absolute Gasteiger partial charge is 0.111 e. The molecule has 3 heteroatoms. The van der Waals surface area contributed by atoms with E-state index in [2.05, 4.69) is 4.98 Å². The Morgan fingerprint density at radius 3 is 3.44 bits per heavy atom. The van der Waals surface area contributed by atoms with Crippen LogP contribution in [0.5, 0.6) is 0 Å². The van der Waals surface area contributed by atoms with Gasteiger partial charge in [0.15, 0.2) is 0 Å². The number of nitrogens with zero attached hydrogens (tertiary/aromatic N) is 2. The third-order valence-electron chi connectivity index (χ3n) is 1.63. The Balaban J connectivity index is 2.39. The second-order valence-electron chi connectivity index (χ2n) is 2.35. The third kappa shape index (κ3) is 0.650. The lowest BCUT2D eigenvalue weighted by molar-refractivity contribution is 0.175. The summed E-state index contributed by atoms with van der Waals surface area (Å²) in [4.78, 5) is 4.05. The first kappa shape index (κ1) is 4.99. The average molecular weight is 124 g/mol. The zero-order valence-electron chi connectivity index (χ0n) is 4.99. The van der Waals surface area contributed by atoms with Crippen LogP contribution in [0.2, 0.25) is 0 Å². The average Bonchev–Trinajstić information content (AvgIpc) is 2.22. The van der Waals surface area contributed by atoms with E-state index in [9.17, 15) is 0 Å².